The van der Waals surface area contributed by atoms with Crippen LogP contribution in [0.1, 0.15) is 26.3 Å². The maximum absolute atomic E-state index is 12.5. The van der Waals surface area contributed by atoms with Crippen LogP contribution in [0.15, 0.2) is 65.8 Å². The summed E-state index contributed by atoms with van der Waals surface area (Å²) in [5.41, 5.74) is 3.30. The zero-order valence-corrected chi connectivity index (χ0v) is 21.0. The molecule has 11 heteroatoms. The standard InChI is InChI=1S/C26H24ClN3O7/c1-34-21-12-18(13-22(35-2)24(21)36-3)25(32)28-15-23(31)30-29-14-17-6-4-5-7-20(17)37-26(33)16-8-10-19(27)11-9-16/h4-14H,15H2,1-3H3,(H,28,32)(H,30,31)/b29-14+. The predicted molar refractivity (Wildman–Crippen MR) is 137 cm³/mol. The zero-order valence-electron chi connectivity index (χ0n) is 20.2. The molecule has 3 rings (SSSR count). The minimum Gasteiger partial charge on any atom is -0.493 e. The molecule has 37 heavy (non-hydrogen) atoms. The lowest BCUT2D eigenvalue weighted by Gasteiger charge is -2.14. The van der Waals surface area contributed by atoms with E-state index in [0.29, 0.717) is 33.4 Å². The third kappa shape index (κ3) is 7.21. The SMILES string of the molecule is COc1cc(C(=O)NCC(=O)N/N=C/c2ccccc2OC(=O)c2ccc(Cl)cc2)cc(OC)c1OC. The number of hydrogen-bond donors (Lipinski definition) is 2. The van der Waals surface area contributed by atoms with Crippen LogP contribution in [0, 0.1) is 0 Å². The molecule has 3 aromatic carbocycles. The summed E-state index contributed by atoms with van der Waals surface area (Å²) >= 11 is 5.85. The molecule has 192 valence electrons. The maximum Gasteiger partial charge on any atom is 0.343 e. The zero-order chi connectivity index (χ0) is 26.8. The van der Waals surface area contributed by atoms with E-state index in [2.05, 4.69) is 15.8 Å². The van der Waals surface area contributed by atoms with Crippen molar-refractivity contribution < 1.29 is 33.3 Å². The van der Waals surface area contributed by atoms with Crippen LogP contribution in [0.5, 0.6) is 23.0 Å². The van der Waals surface area contributed by atoms with Gasteiger partial charge in [-0.25, -0.2) is 10.2 Å². The van der Waals surface area contributed by atoms with Gasteiger partial charge in [-0.2, -0.15) is 5.10 Å². The fourth-order valence-corrected chi connectivity index (χ4v) is 3.24. The number of esters is 1. The summed E-state index contributed by atoms with van der Waals surface area (Å²) in [5.74, 6) is -0.488. The van der Waals surface area contributed by atoms with Crippen LogP contribution >= 0.6 is 11.6 Å². The van der Waals surface area contributed by atoms with Crippen LogP contribution in [0.2, 0.25) is 5.02 Å². The molecule has 0 fully saturated rings. The number of methoxy groups -OCH3 is 3. The van der Waals surface area contributed by atoms with Crippen molar-refractivity contribution in [1.82, 2.24) is 10.7 Å². The molecule has 10 nitrogen and oxygen atoms in total. The molecule has 0 heterocycles. The highest BCUT2D eigenvalue weighted by molar-refractivity contribution is 6.30. The minimum atomic E-state index is -0.576. The number of nitrogens with zero attached hydrogens (tertiary/aromatic N) is 1. The van der Waals surface area contributed by atoms with Crippen LogP contribution in [-0.4, -0.2) is 51.9 Å². The van der Waals surface area contributed by atoms with E-state index < -0.39 is 17.8 Å². The summed E-state index contributed by atoms with van der Waals surface area (Å²) in [6.45, 7) is -0.347. The van der Waals surface area contributed by atoms with Crippen molar-refractivity contribution in [2.75, 3.05) is 27.9 Å². The molecule has 0 atom stereocenters. The Balaban J connectivity index is 1.58. The lowest BCUT2D eigenvalue weighted by atomic mass is 10.1. The van der Waals surface area contributed by atoms with Crippen LogP contribution in [0.3, 0.4) is 0 Å². The van der Waals surface area contributed by atoms with E-state index in [-0.39, 0.29) is 17.9 Å². The molecule has 2 N–H and O–H groups in total. The fraction of sp³-hybridized carbons (Fsp3) is 0.154. The Bertz CT molecular complexity index is 1280. The summed E-state index contributed by atoms with van der Waals surface area (Å²) in [6, 6.07) is 15.9. The Morgan fingerprint density at radius 2 is 1.51 bits per heavy atom. The van der Waals surface area contributed by atoms with Gasteiger partial charge in [0, 0.05) is 16.1 Å². The van der Waals surface area contributed by atoms with Crippen molar-refractivity contribution in [3.05, 3.63) is 82.4 Å². The molecule has 0 saturated heterocycles. The second-order valence-corrected chi connectivity index (χ2v) is 7.76. The maximum atomic E-state index is 12.5. The van der Waals surface area contributed by atoms with Gasteiger partial charge in [-0.3, -0.25) is 9.59 Å². The molecule has 0 bridgehead atoms. The number of nitrogens with one attached hydrogen (secondary N) is 2. The topological polar surface area (TPSA) is 125 Å². The molecule has 2 amide bonds. The largest absolute Gasteiger partial charge is 0.493 e. The average molecular weight is 526 g/mol. The molecule has 0 spiro atoms. The van der Waals surface area contributed by atoms with Crippen molar-refractivity contribution in [2.45, 2.75) is 0 Å². The first kappa shape index (κ1) is 27.0. The highest BCUT2D eigenvalue weighted by Crippen LogP contribution is 2.38. The summed E-state index contributed by atoms with van der Waals surface area (Å²) < 4.78 is 21.1. The normalized spacial score (nSPS) is 10.5. The smallest absolute Gasteiger partial charge is 0.343 e. The molecule has 0 radical (unpaired) electrons. The summed E-state index contributed by atoms with van der Waals surface area (Å²) in [5, 5.41) is 6.87. The van der Waals surface area contributed by atoms with Gasteiger partial charge >= 0.3 is 5.97 Å². The molecule has 0 aliphatic rings. The quantitative estimate of drug-likeness (QED) is 0.180. The lowest BCUT2D eigenvalue weighted by molar-refractivity contribution is -0.120. The van der Waals surface area contributed by atoms with Crippen molar-refractivity contribution in [3.63, 3.8) is 0 Å². The van der Waals surface area contributed by atoms with E-state index >= 15 is 0 Å². The number of rotatable bonds is 10. The summed E-state index contributed by atoms with van der Waals surface area (Å²) in [6.07, 6.45) is 1.32. The van der Waals surface area contributed by atoms with Gasteiger partial charge in [0.15, 0.2) is 11.5 Å². The molecule has 0 saturated carbocycles. The minimum absolute atomic E-state index is 0.210. The van der Waals surface area contributed by atoms with Crippen molar-refractivity contribution >= 4 is 35.6 Å². The second kappa shape index (κ2) is 12.9. The van der Waals surface area contributed by atoms with E-state index in [4.69, 9.17) is 30.5 Å². The number of carbonyl (C=O) groups is 3. The number of hydrogen-bond acceptors (Lipinski definition) is 8. The van der Waals surface area contributed by atoms with Gasteiger partial charge < -0.3 is 24.3 Å². The van der Waals surface area contributed by atoms with E-state index in [1.807, 2.05) is 0 Å². The number of para-hydroxylation sites is 1. The fourth-order valence-electron chi connectivity index (χ4n) is 3.11. The van der Waals surface area contributed by atoms with Gasteiger partial charge in [0.2, 0.25) is 5.75 Å². The van der Waals surface area contributed by atoms with Gasteiger partial charge in [0.25, 0.3) is 11.8 Å². The Labute approximate surface area is 218 Å². The van der Waals surface area contributed by atoms with Gasteiger partial charge in [0.1, 0.15) is 5.75 Å². The van der Waals surface area contributed by atoms with Gasteiger partial charge in [-0.15, -0.1) is 0 Å². The first-order chi connectivity index (χ1) is 17.9. The van der Waals surface area contributed by atoms with Gasteiger partial charge in [-0.1, -0.05) is 23.7 Å². The van der Waals surface area contributed by atoms with E-state index in [1.165, 1.54) is 39.7 Å². The first-order valence-corrected chi connectivity index (χ1v) is 11.2. The summed E-state index contributed by atoms with van der Waals surface area (Å²) in [4.78, 5) is 37.1. The number of halogens is 1. The molecule has 0 aliphatic heterocycles. The first-order valence-electron chi connectivity index (χ1n) is 10.8. The van der Waals surface area contributed by atoms with Gasteiger partial charge in [-0.05, 0) is 48.5 Å². The van der Waals surface area contributed by atoms with E-state index in [9.17, 15) is 14.4 Å². The third-order valence-corrected chi connectivity index (χ3v) is 5.18. The Kier molecular flexibility index (Phi) is 9.45. The monoisotopic (exact) mass is 525 g/mol. The van der Waals surface area contributed by atoms with Crippen LogP contribution in [-0.2, 0) is 4.79 Å². The summed E-state index contributed by atoms with van der Waals surface area (Å²) in [7, 11) is 4.31. The number of amides is 2. The Hall–Kier alpha value is -4.57. The molecular weight excluding hydrogens is 502 g/mol. The van der Waals surface area contributed by atoms with Crippen molar-refractivity contribution in [1.29, 1.82) is 0 Å². The van der Waals surface area contributed by atoms with E-state index in [1.54, 1.807) is 48.5 Å². The molecule has 0 unspecified atom stereocenters. The van der Waals surface area contributed by atoms with Crippen LogP contribution in [0.25, 0.3) is 0 Å². The predicted octanol–water partition coefficient (Wildman–Crippen LogP) is 3.47. The molecule has 0 aliphatic carbocycles. The van der Waals surface area contributed by atoms with Crippen molar-refractivity contribution in [2.24, 2.45) is 5.10 Å². The molecular formula is C26H24ClN3O7. The Morgan fingerprint density at radius 1 is 0.865 bits per heavy atom. The Morgan fingerprint density at radius 3 is 2.14 bits per heavy atom. The third-order valence-electron chi connectivity index (χ3n) is 4.93. The number of hydrazone groups is 1. The lowest BCUT2D eigenvalue weighted by Crippen LogP contribution is -2.35. The number of benzene rings is 3. The number of carbonyl (C=O) groups excluding carboxylic acids is 3. The molecule has 0 aromatic heterocycles. The highest BCUT2D eigenvalue weighted by Gasteiger charge is 2.17. The van der Waals surface area contributed by atoms with E-state index in [0.717, 1.165) is 0 Å². The van der Waals surface area contributed by atoms with Gasteiger partial charge in [0.05, 0.1) is 39.7 Å². The molecule has 3 aromatic rings. The second-order valence-electron chi connectivity index (χ2n) is 7.32. The van der Waals surface area contributed by atoms with Crippen LogP contribution < -0.4 is 29.7 Å². The average Bonchev–Trinajstić information content (AvgIpc) is 2.92. The highest BCUT2D eigenvalue weighted by atomic mass is 35.5. The number of ether oxygens (including phenoxy) is 4. The van der Waals surface area contributed by atoms with Crippen molar-refractivity contribution in [3.8, 4) is 23.0 Å². The van der Waals surface area contributed by atoms with Crippen LogP contribution in [0.4, 0.5) is 0 Å².